The molecule has 0 saturated carbocycles. The molecular weight excluding hydrogens is 408 g/mol. The number of ether oxygens (including phenoxy) is 1. The second kappa shape index (κ2) is 10.0. The number of benzene rings is 4. The fourth-order valence-corrected chi connectivity index (χ4v) is 3.35. The molecule has 0 spiro atoms. The molecule has 0 N–H and O–H groups in total. The van der Waals surface area contributed by atoms with Crippen molar-refractivity contribution in [1.29, 1.82) is 0 Å². The summed E-state index contributed by atoms with van der Waals surface area (Å²) in [5.74, 6) is 0. The van der Waals surface area contributed by atoms with Crippen LogP contribution in [0.1, 0.15) is 34.5 Å². The molecule has 0 atom stereocenters. The maximum Gasteiger partial charge on any atom is 0.109 e. The van der Waals surface area contributed by atoms with Crippen molar-refractivity contribution in [3.05, 3.63) is 144 Å². The van der Waals surface area contributed by atoms with Crippen LogP contribution in [-0.4, -0.2) is 0 Å². The average Bonchev–Trinajstić information content (AvgIpc) is 2.77. The van der Waals surface area contributed by atoms with Crippen LogP contribution in [0.5, 0.6) is 0 Å². The zero-order valence-electron chi connectivity index (χ0n) is 15.5. The Hall–Kier alpha value is -2.68. The highest BCUT2D eigenvalue weighted by molar-refractivity contribution is 8.93. The third-order valence-corrected chi connectivity index (χ3v) is 4.68. The Morgan fingerprint density at radius 3 is 0.786 bits per heavy atom. The van der Waals surface area contributed by atoms with Crippen LogP contribution in [0.3, 0.4) is 0 Å². The molecule has 0 aliphatic rings. The quantitative estimate of drug-likeness (QED) is 0.315. The minimum absolute atomic E-state index is 0. The number of halogens is 1. The zero-order valence-corrected chi connectivity index (χ0v) is 17.2. The predicted octanol–water partition coefficient (Wildman–Crippen LogP) is 7.16. The maximum absolute atomic E-state index is 6.79. The van der Waals surface area contributed by atoms with Gasteiger partial charge in [-0.1, -0.05) is 121 Å². The lowest BCUT2D eigenvalue weighted by molar-refractivity contribution is 0.0308. The van der Waals surface area contributed by atoms with Gasteiger partial charge in [0.15, 0.2) is 0 Å². The Kier molecular flexibility index (Phi) is 7.18. The molecule has 4 aromatic carbocycles. The van der Waals surface area contributed by atoms with Gasteiger partial charge in [0, 0.05) is 0 Å². The molecule has 4 rings (SSSR count). The Balaban J connectivity index is 0.00000225. The highest BCUT2D eigenvalue weighted by Crippen LogP contribution is 2.35. The highest BCUT2D eigenvalue weighted by Gasteiger charge is 2.22. The average molecular weight is 431 g/mol. The summed E-state index contributed by atoms with van der Waals surface area (Å²) >= 11 is 0. The molecule has 0 heterocycles. The Morgan fingerprint density at radius 1 is 0.357 bits per heavy atom. The third kappa shape index (κ3) is 4.78. The fraction of sp³-hybridized carbons (Fsp3) is 0.0769. The summed E-state index contributed by atoms with van der Waals surface area (Å²) in [6.07, 6.45) is -0.282. The molecule has 0 radical (unpaired) electrons. The van der Waals surface area contributed by atoms with Gasteiger partial charge in [-0.15, -0.1) is 17.0 Å². The van der Waals surface area contributed by atoms with Crippen LogP contribution in [-0.2, 0) is 4.74 Å². The molecule has 0 amide bonds. The molecule has 4 aromatic rings. The van der Waals surface area contributed by atoms with Crippen LogP contribution < -0.4 is 0 Å². The van der Waals surface area contributed by atoms with Crippen LogP contribution in [0.4, 0.5) is 0 Å². The molecular formula is C26H23BrO. The highest BCUT2D eigenvalue weighted by atomic mass is 79.9. The van der Waals surface area contributed by atoms with Gasteiger partial charge in [-0.25, -0.2) is 0 Å². The lowest BCUT2D eigenvalue weighted by Crippen LogP contribution is -2.13. The first-order valence-corrected chi connectivity index (χ1v) is 9.27. The minimum Gasteiger partial charge on any atom is -0.356 e. The largest absolute Gasteiger partial charge is 0.356 e. The van der Waals surface area contributed by atoms with E-state index in [0.717, 1.165) is 22.3 Å². The first-order valence-electron chi connectivity index (χ1n) is 9.27. The third-order valence-electron chi connectivity index (χ3n) is 4.68. The fourth-order valence-electron chi connectivity index (χ4n) is 3.35. The number of hydrogen-bond acceptors (Lipinski definition) is 1. The van der Waals surface area contributed by atoms with Gasteiger partial charge >= 0.3 is 0 Å². The Morgan fingerprint density at radius 2 is 0.571 bits per heavy atom. The van der Waals surface area contributed by atoms with E-state index >= 15 is 0 Å². The lowest BCUT2D eigenvalue weighted by atomic mass is 9.98. The van der Waals surface area contributed by atoms with Crippen LogP contribution in [0.15, 0.2) is 121 Å². The predicted molar refractivity (Wildman–Crippen MR) is 121 cm³/mol. The molecule has 28 heavy (non-hydrogen) atoms. The van der Waals surface area contributed by atoms with Crippen molar-refractivity contribution in [2.75, 3.05) is 0 Å². The number of hydrogen-bond donors (Lipinski definition) is 0. The zero-order chi connectivity index (χ0) is 18.3. The Labute approximate surface area is 177 Å². The van der Waals surface area contributed by atoms with Crippen LogP contribution >= 0.6 is 17.0 Å². The van der Waals surface area contributed by atoms with E-state index in [1.807, 2.05) is 24.3 Å². The standard InChI is InChI=1S/C26H22O.BrH/c1-5-13-21(14-6-1)25(22-15-7-2-8-16-22)27-26(23-17-9-3-10-18-23)24-19-11-4-12-20-24;/h1-20,25-26H;1H. The molecule has 140 valence electrons. The first kappa shape index (κ1) is 20.1. The summed E-state index contributed by atoms with van der Waals surface area (Å²) in [5, 5.41) is 0. The second-order valence-electron chi connectivity index (χ2n) is 6.54. The van der Waals surface area contributed by atoms with E-state index in [4.69, 9.17) is 4.74 Å². The summed E-state index contributed by atoms with van der Waals surface area (Å²) in [6, 6.07) is 41.7. The summed E-state index contributed by atoms with van der Waals surface area (Å²) in [7, 11) is 0. The van der Waals surface area contributed by atoms with Crippen molar-refractivity contribution in [2.24, 2.45) is 0 Å². The molecule has 0 bridgehead atoms. The molecule has 0 unspecified atom stereocenters. The molecule has 0 saturated heterocycles. The van der Waals surface area contributed by atoms with Gasteiger partial charge in [0.1, 0.15) is 12.2 Å². The van der Waals surface area contributed by atoms with E-state index in [2.05, 4.69) is 97.1 Å². The molecule has 0 fully saturated rings. The monoisotopic (exact) mass is 430 g/mol. The van der Waals surface area contributed by atoms with E-state index < -0.39 is 0 Å². The van der Waals surface area contributed by atoms with Gasteiger partial charge in [0.25, 0.3) is 0 Å². The van der Waals surface area contributed by atoms with Crippen molar-refractivity contribution < 1.29 is 4.74 Å². The summed E-state index contributed by atoms with van der Waals surface area (Å²) in [5.41, 5.74) is 4.61. The van der Waals surface area contributed by atoms with Gasteiger partial charge in [-0.3, -0.25) is 0 Å². The molecule has 0 aliphatic heterocycles. The molecule has 0 aliphatic carbocycles. The van der Waals surface area contributed by atoms with Gasteiger partial charge in [-0.05, 0) is 22.3 Å². The maximum atomic E-state index is 6.79. The second-order valence-corrected chi connectivity index (χ2v) is 6.54. The molecule has 2 heteroatoms. The minimum atomic E-state index is -0.141. The van der Waals surface area contributed by atoms with Gasteiger partial charge in [0.2, 0.25) is 0 Å². The summed E-state index contributed by atoms with van der Waals surface area (Å²) in [6.45, 7) is 0. The normalized spacial score (nSPS) is 10.6. The van der Waals surface area contributed by atoms with Gasteiger partial charge in [-0.2, -0.15) is 0 Å². The van der Waals surface area contributed by atoms with Crippen LogP contribution in [0, 0.1) is 0 Å². The van der Waals surface area contributed by atoms with Crippen molar-refractivity contribution in [3.8, 4) is 0 Å². The van der Waals surface area contributed by atoms with Crippen molar-refractivity contribution >= 4 is 17.0 Å². The van der Waals surface area contributed by atoms with Crippen molar-refractivity contribution in [2.45, 2.75) is 12.2 Å². The Bertz CT molecular complexity index is 781. The van der Waals surface area contributed by atoms with Crippen LogP contribution in [0.2, 0.25) is 0 Å². The van der Waals surface area contributed by atoms with Gasteiger partial charge in [0.05, 0.1) is 0 Å². The smallest absolute Gasteiger partial charge is 0.109 e. The number of rotatable bonds is 6. The molecule has 1 nitrogen and oxygen atoms in total. The van der Waals surface area contributed by atoms with E-state index in [-0.39, 0.29) is 29.2 Å². The van der Waals surface area contributed by atoms with E-state index in [1.54, 1.807) is 0 Å². The first-order chi connectivity index (χ1) is 13.4. The van der Waals surface area contributed by atoms with E-state index in [0.29, 0.717) is 0 Å². The van der Waals surface area contributed by atoms with Crippen molar-refractivity contribution in [3.63, 3.8) is 0 Å². The SMILES string of the molecule is Br.c1ccc(C(OC(c2ccccc2)c2ccccc2)c2ccccc2)cc1. The van der Waals surface area contributed by atoms with Gasteiger partial charge < -0.3 is 4.74 Å². The summed E-state index contributed by atoms with van der Waals surface area (Å²) in [4.78, 5) is 0. The summed E-state index contributed by atoms with van der Waals surface area (Å²) < 4.78 is 6.79. The van der Waals surface area contributed by atoms with E-state index in [1.165, 1.54) is 0 Å². The van der Waals surface area contributed by atoms with Crippen LogP contribution in [0.25, 0.3) is 0 Å². The lowest BCUT2D eigenvalue weighted by Gasteiger charge is -2.26. The van der Waals surface area contributed by atoms with Crippen molar-refractivity contribution in [1.82, 2.24) is 0 Å². The van der Waals surface area contributed by atoms with E-state index in [9.17, 15) is 0 Å². The topological polar surface area (TPSA) is 9.23 Å². The molecule has 0 aromatic heterocycles.